The summed E-state index contributed by atoms with van der Waals surface area (Å²) in [4.78, 5) is 13.8. The van der Waals surface area contributed by atoms with Crippen LogP contribution in [0, 0.1) is 0 Å². The molecule has 0 atom stereocenters. The van der Waals surface area contributed by atoms with Gasteiger partial charge in [-0.25, -0.2) is 0 Å². The molecule has 0 bridgehead atoms. The van der Waals surface area contributed by atoms with Crippen LogP contribution in [-0.2, 0) is 11.3 Å². The van der Waals surface area contributed by atoms with Gasteiger partial charge in [0.25, 0.3) is 0 Å². The summed E-state index contributed by atoms with van der Waals surface area (Å²) < 4.78 is 0. The van der Waals surface area contributed by atoms with Crippen molar-refractivity contribution in [2.75, 3.05) is 25.9 Å². The van der Waals surface area contributed by atoms with Gasteiger partial charge >= 0.3 is 0 Å². The summed E-state index contributed by atoms with van der Waals surface area (Å²) in [5, 5.41) is 13.4. The molecule has 1 aromatic carbocycles. The van der Waals surface area contributed by atoms with E-state index in [4.69, 9.17) is 0 Å². The first kappa shape index (κ1) is 15.2. The van der Waals surface area contributed by atoms with Gasteiger partial charge in [0.1, 0.15) is 5.75 Å². The zero-order valence-electron chi connectivity index (χ0n) is 11.8. The molecule has 1 amide bonds. The number of phenols is 1. The third-order valence-electron chi connectivity index (χ3n) is 3.48. The Morgan fingerprint density at radius 1 is 1.45 bits per heavy atom. The summed E-state index contributed by atoms with van der Waals surface area (Å²) in [7, 11) is 1.81. The van der Waals surface area contributed by atoms with Crippen LogP contribution in [0.15, 0.2) is 24.3 Å². The van der Waals surface area contributed by atoms with Gasteiger partial charge in [0.05, 0.1) is 5.75 Å². The van der Waals surface area contributed by atoms with E-state index in [0.29, 0.717) is 17.5 Å². The highest BCUT2D eigenvalue weighted by molar-refractivity contribution is 8.00. The molecule has 0 aromatic heterocycles. The lowest BCUT2D eigenvalue weighted by atomic mass is 10.2. The lowest BCUT2D eigenvalue weighted by molar-refractivity contribution is -0.127. The second-order valence-corrected chi connectivity index (χ2v) is 6.47. The number of piperidine rings is 1. The van der Waals surface area contributed by atoms with Gasteiger partial charge < -0.3 is 15.3 Å². The van der Waals surface area contributed by atoms with E-state index in [9.17, 15) is 9.90 Å². The van der Waals surface area contributed by atoms with Crippen molar-refractivity contribution in [3.8, 4) is 5.75 Å². The number of aromatic hydroxyl groups is 1. The molecular formula is C15H22N2O2S. The number of nitrogens with zero attached hydrogens (tertiary/aromatic N) is 1. The van der Waals surface area contributed by atoms with Crippen molar-refractivity contribution in [2.45, 2.75) is 24.6 Å². The van der Waals surface area contributed by atoms with Gasteiger partial charge in [-0.3, -0.25) is 4.79 Å². The minimum absolute atomic E-state index is 0.150. The molecule has 0 aliphatic carbocycles. The van der Waals surface area contributed by atoms with Crippen molar-refractivity contribution in [3.05, 3.63) is 29.8 Å². The minimum Gasteiger partial charge on any atom is -0.508 e. The Morgan fingerprint density at radius 3 is 2.90 bits per heavy atom. The van der Waals surface area contributed by atoms with Crippen LogP contribution in [0.2, 0.25) is 0 Å². The van der Waals surface area contributed by atoms with Crippen LogP contribution >= 0.6 is 11.8 Å². The van der Waals surface area contributed by atoms with Crippen molar-refractivity contribution in [1.82, 2.24) is 10.2 Å². The van der Waals surface area contributed by atoms with Crippen LogP contribution in [0.25, 0.3) is 0 Å². The number of carbonyl (C=O) groups excluding carboxylic acids is 1. The molecule has 2 rings (SSSR count). The maximum absolute atomic E-state index is 12.1. The third-order valence-corrected chi connectivity index (χ3v) is 4.84. The molecule has 1 saturated heterocycles. The third kappa shape index (κ3) is 4.72. The predicted molar refractivity (Wildman–Crippen MR) is 82.9 cm³/mol. The fourth-order valence-corrected chi connectivity index (χ4v) is 3.45. The van der Waals surface area contributed by atoms with Crippen molar-refractivity contribution in [3.63, 3.8) is 0 Å². The molecule has 0 saturated carbocycles. The van der Waals surface area contributed by atoms with E-state index in [2.05, 4.69) is 5.32 Å². The molecule has 1 aliphatic heterocycles. The fourth-order valence-electron chi connectivity index (χ4n) is 2.28. The summed E-state index contributed by atoms with van der Waals surface area (Å²) in [6.45, 7) is 2.66. The van der Waals surface area contributed by atoms with Crippen molar-refractivity contribution in [2.24, 2.45) is 0 Å². The van der Waals surface area contributed by atoms with E-state index < -0.39 is 0 Å². The molecule has 110 valence electrons. The van der Waals surface area contributed by atoms with Gasteiger partial charge in [-0.15, -0.1) is 11.8 Å². The normalized spacial score (nSPS) is 16.1. The molecule has 0 radical (unpaired) electrons. The number of phenolic OH excluding ortho intramolecular Hbond substituents is 1. The van der Waals surface area contributed by atoms with Crippen LogP contribution in [0.3, 0.4) is 0 Å². The number of nitrogens with one attached hydrogen (secondary N) is 1. The topological polar surface area (TPSA) is 52.6 Å². The van der Waals surface area contributed by atoms with Crippen LogP contribution in [-0.4, -0.2) is 47.1 Å². The number of carbonyl (C=O) groups is 1. The van der Waals surface area contributed by atoms with Gasteiger partial charge in [0.2, 0.25) is 5.91 Å². The Hall–Kier alpha value is -1.20. The van der Waals surface area contributed by atoms with Crippen molar-refractivity contribution >= 4 is 17.7 Å². The van der Waals surface area contributed by atoms with Gasteiger partial charge in [0.15, 0.2) is 0 Å². The number of hydrogen-bond acceptors (Lipinski definition) is 4. The molecule has 2 N–H and O–H groups in total. The molecular weight excluding hydrogens is 272 g/mol. The average Bonchev–Trinajstić information content (AvgIpc) is 2.46. The van der Waals surface area contributed by atoms with E-state index in [0.717, 1.165) is 31.5 Å². The Morgan fingerprint density at radius 2 is 2.20 bits per heavy atom. The highest BCUT2D eigenvalue weighted by Gasteiger charge is 2.16. The molecule has 1 fully saturated rings. The summed E-state index contributed by atoms with van der Waals surface area (Å²) in [6.07, 6.45) is 2.29. The standard InChI is InChI=1S/C15H22N2O2S/c1-17(10-12-3-2-4-13(18)9-12)15(19)11-20-14-5-7-16-8-6-14/h2-4,9,14,16,18H,5-8,10-11H2,1H3. The van der Waals surface area contributed by atoms with Crippen LogP contribution in [0.5, 0.6) is 5.75 Å². The van der Waals surface area contributed by atoms with Gasteiger partial charge in [-0.05, 0) is 43.6 Å². The molecule has 1 aliphatic rings. The lowest BCUT2D eigenvalue weighted by Crippen LogP contribution is -2.32. The highest BCUT2D eigenvalue weighted by atomic mass is 32.2. The molecule has 1 aromatic rings. The van der Waals surface area contributed by atoms with Crippen LogP contribution in [0.1, 0.15) is 18.4 Å². The summed E-state index contributed by atoms with van der Waals surface area (Å²) in [5.41, 5.74) is 0.952. The lowest BCUT2D eigenvalue weighted by Gasteiger charge is -2.23. The van der Waals surface area contributed by atoms with E-state index in [1.54, 1.807) is 34.9 Å². The summed E-state index contributed by atoms with van der Waals surface area (Å²) in [6, 6.07) is 7.05. The average molecular weight is 294 g/mol. The van der Waals surface area contributed by atoms with Gasteiger partial charge in [0, 0.05) is 18.8 Å². The van der Waals surface area contributed by atoms with E-state index in [1.807, 2.05) is 13.1 Å². The number of rotatable bonds is 5. The first-order chi connectivity index (χ1) is 9.65. The summed E-state index contributed by atoms with van der Waals surface area (Å²) >= 11 is 1.77. The number of amides is 1. The SMILES string of the molecule is CN(Cc1cccc(O)c1)C(=O)CSC1CCNCC1. The minimum atomic E-state index is 0.150. The van der Waals surface area contributed by atoms with E-state index in [-0.39, 0.29) is 11.7 Å². The highest BCUT2D eigenvalue weighted by Crippen LogP contribution is 2.20. The van der Waals surface area contributed by atoms with Gasteiger partial charge in [-0.1, -0.05) is 12.1 Å². The second kappa shape index (κ2) is 7.55. The van der Waals surface area contributed by atoms with E-state index in [1.165, 1.54) is 0 Å². The quantitative estimate of drug-likeness (QED) is 0.870. The van der Waals surface area contributed by atoms with Gasteiger partial charge in [-0.2, -0.15) is 0 Å². The number of hydrogen-bond donors (Lipinski definition) is 2. The van der Waals surface area contributed by atoms with Crippen molar-refractivity contribution in [1.29, 1.82) is 0 Å². The zero-order valence-corrected chi connectivity index (χ0v) is 12.7. The van der Waals surface area contributed by atoms with E-state index >= 15 is 0 Å². The largest absolute Gasteiger partial charge is 0.508 e. The number of benzene rings is 1. The predicted octanol–water partition coefficient (Wildman–Crippen LogP) is 1.84. The molecule has 4 nitrogen and oxygen atoms in total. The number of thioether (sulfide) groups is 1. The second-order valence-electron chi connectivity index (χ2n) is 5.18. The fraction of sp³-hybridized carbons (Fsp3) is 0.533. The summed E-state index contributed by atoms with van der Waals surface area (Å²) in [5.74, 6) is 0.935. The molecule has 1 heterocycles. The zero-order chi connectivity index (χ0) is 14.4. The molecule has 0 unspecified atom stereocenters. The molecule has 20 heavy (non-hydrogen) atoms. The smallest absolute Gasteiger partial charge is 0.232 e. The monoisotopic (exact) mass is 294 g/mol. The van der Waals surface area contributed by atoms with Crippen LogP contribution < -0.4 is 5.32 Å². The first-order valence-electron chi connectivity index (χ1n) is 6.99. The Bertz CT molecular complexity index is 447. The van der Waals surface area contributed by atoms with Crippen molar-refractivity contribution < 1.29 is 9.90 Å². The molecule has 0 spiro atoms. The van der Waals surface area contributed by atoms with Crippen LogP contribution in [0.4, 0.5) is 0 Å². The Balaban J connectivity index is 1.76. The molecule has 5 heteroatoms. The maximum atomic E-state index is 12.1. The Kier molecular flexibility index (Phi) is 5.73. The maximum Gasteiger partial charge on any atom is 0.232 e. The first-order valence-corrected chi connectivity index (χ1v) is 8.04. The Labute approximate surface area is 124 Å².